The summed E-state index contributed by atoms with van der Waals surface area (Å²) in [4.78, 5) is 15.1. The fourth-order valence-corrected chi connectivity index (χ4v) is 4.99. The van der Waals surface area contributed by atoms with Crippen molar-refractivity contribution >= 4 is 17.6 Å². The monoisotopic (exact) mass is 510 g/mol. The summed E-state index contributed by atoms with van der Waals surface area (Å²) in [5.41, 5.74) is 6.56. The molecule has 6 nitrogen and oxygen atoms in total. The van der Waals surface area contributed by atoms with E-state index < -0.39 is 18.4 Å². The third kappa shape index (κ3) is 7.46. The van der Waals surface area contributed by atoms with Gasteiger partial charge in [-0.2, -0.15) is 13.2 Å². The van der Waals surface area contributed by atoms with Gasteiger partial charge >= 0.3 is 12.3 Å². The number of cyclic esters (lactones) is 1. The van der Waals surface area contributed by atoms with Crippen LogP contribution < -0.4 is 11.1 Å². The van der Waals surface area contributed by atoms with Crippen LogP contribution in [-0.4, -0.2) is 23.0 Å². The van der Waals surface area contributed by atoms with Crippen LogP contribution in [0.3, 0.4) is 0 Å². The van der Waals surface area contributed by atoms with Crippen LogP contribution in [0.25, 0.3) is 0 Å². The second-order valence-corrected chi connectivity index (χ2v) is 9.44. The number of alkyl halides is 3. The van der Waals surface area contributed by atoms with Crippen molar-refractivity contribution in [2.45, 2.75) is 104 Å². The van der Waals surface area contributed by atoms with Gasteiger partial charge in [0.1, 0.15) is 5.82 Å². The van der Waals surface area contributed by atoms with Crippen LogP contribution in [0.5, 0.6) is 0 Å². The number of hydrogen-bond donors (Lipinski definition) is 3. The molecule has 0 radical (unpaired) electrons. The number of ether oxygens (including phenoxy) is 1. The van der Waals surface area contributed by atoms with E-state index >= 15 is 0 Å². The lowest BCUT2D eigenvalue weighted by Gasteiger charge is -2.29. The number of halogens is 3. The first-order chi connectivity index (χ1) is 17.1. The number of fused-ring (bicyclic) bond motifs is 1. The van der Waals surface area contributed by atoms with Crippen molar-refractivity contribution in [1.82, 2.24) is 4.98 Å². The number of hydrogen-bond acceptors (Lipinski definition) is 5. The SMILES string of the molecule is CC.CCC(C)C1CCCCC1.N=C(C1=C(N)CCCC1)c1ccnc2c1C(C(F)(F)F)OC(=O)N2. The number of anilines is 1. The molecule has 2 atom stereocenters. The number of nitrogens with one attached hydrogen (secondary N) is 2. The second-order valence-electron chi connectivity index (χ2n) is 9.44. The zero-order valence-electron chi connectivity index (χ0n) is 21.9. The lowest BCUT2D eigenvalue weighted by molar-refractivity contribution is -0.206. The number of amides is 1. The molecule has 36 heavy (non-hydrogen) atoms. The summed E-state index contributed by atoms with van der Waals surface area (Å²) in [7, 11) is 0. The summed E-state index contributed by atoms with van der Waals surface area (Å²) in [5.74, 6) is 1.81. The molecule has 0 saturated heterocycles. The third-order valence-corrected chi connectivity index (χ3v) is 7.18. The molecule has 1 saturated carbocycles. The van der Waals surface area contributed by atoms with E-state index in [0.29, 0.717) is 24.1 Å². The summed E-state index contributed by atoms with van der Waals surface area (Å²) < 4.78 is 44.4. The van der Waals surface area contributed by atoms with Gasteiger partial charge in [-0.05, 0) is 49.2 Å². The van der Waals surface area contributed by atoms with Gasteiger partial charge in [0.25, 0.3) is 0 Å². The third-order valence-electron chi connectivity index (χ3n) is 7.18. The van der Waals surface area contributed by atoms with Gasteiger partial charge in [-0.1, -0.05) is 66.2 Å². The van der Waals surface area contributed by atoms with E-state index in [1.165, 1.54) is 50.8 Å². The number of carbonyl (C=O) groups is 1. The van der Waals surface area contributed by atoms with Gasteiger partial charge in [0.05, 0.1) is 11.3 Å². The molecule has 4 rings (SSSR count). The fraction of sp³-hybridized carbons (Fsp3) is 0.667. The first-order valence-electron chi connectivity index (χ1n) is 13.2. The quantitative estimate of drug-likeness (QED) is 0.357. The molecular formula is C27H41F3N4O2. The Bertz CT molecular complexity index is 924. The van der Waals surface area contributed by atoms with Gasteiger partial charge in [0.15, 0.2) is 0 Å². The molecule has 9 heteroatoms. The molecule has 3 aliphatic rings. The Morgan fingerprint density at radius 3 is 2.42 bits per heavy atom. The first-order valence-corrected chi connectivity index (χ1v) is 13.2. The number of pyridine rings is 1. The van der Waals surface area contributed by atoms with Crippen LogP contribution >= 0.6 is 0 Å². The Morgan fingerprint density at radius 1 is 1.19 bits per heavy atom. The van der Waals surface area contributed by atoms with Crippen molar-refractivity contribution in [3.63, 3.8) is 0 Å². The van der Waals surface area contributed by atoms with Crippen LogP contribution in [0.2, 0.25) is 0 Å². The lowest BCUT2D eigenvalue weighted by Crippen LogP contribution is -2.35. The predicted octanol–water partition coefficient (Wildman–Crippen LogP) is 8.04. The standard InChI is InChI=1S/C15H15F3N4O2.C10H20.C2H6/c16-15(17,18)12-10-8(5-6-21-13(10)22-14(23)24-12)11(20)7-3-1-2-4-9(7)19;1-3-9(2)10-7-5-4-6-8-10;1-2/h5-6,12,20H,1-4,19H2,(H,21,22,23);9-10H,3-8H2,1-2H3;1-2H3. The molecule has 4 N–H and O–H groups in total. The van der Waals surface area contributed by atoms with E-state index in [1.807, 2.05) is 13.8 Å². The van der Waals surface area contributed by atoms with E-state index in [9.17, 15) is 18.0 Å². The van der Waals surface area contributed by atoms with Crippen LogP contribution in [-0.2, 0) is 4.74 Å². The zero-order valence-corrected chi connectivity index (χ0v) is 21.9. The molecule has 1 aromatic rings. The zero-order chi connectivity index (χ0) is 26.9. The number of nitrogens with zero attached hydrogens (tertiary/aromatic N) is 1. The van der Waals surface area contributed by atoms with Gasteiger partial charge in [0.2, 0.25) is 6.10 Å². The van der Waals surface area contributed by atoms with E-state index in [2.05, 4.69) is 28.9 Å². The van der Waals surface area contributed by atoms with Crippen molar-refractivity contribution in [2.75, 3.05) is 5.32 Å². The highest BCUT2D eigenvalue weighted by Crippen LogP contribution is 2.43. The summed E-state index contributed by atoms with van der Waals surface area (Å²) in [6, 6.07) is 1.32. The molecule has 1 aromatic heterocycles. The minimum Gasteiger partial charge on any atom is -0.431 e. The maximum Gasteiger partial charge on any atom is 0.430 e. The average Bonchev–Trinajstić information content (AvgIpc) is 2.88. The largest absolute Gasteiger partial charge is 0.431 e. The van der Waals surface area contributed by atoms with Crippen LogP contribution in [0, 0.1) is 17.2 Å². The minimum atomic E-state index is -4.81. The van der Waals surface area contributed by atoms with Crippen molar-refractivity contribution in [3.05, 3.63) is 34.7 Å². The molecule has 2 heterocycles. The number of nitrogens with two attached hydrogens (primary N) is 1. The Kier molecular flexibility index (Phi) is 11.2. The highest BCUT2D eigenvalue weighted by Gasteiger charge is 2.49. The molecule has 1 fully saturated rings. The molecular weight excluding hydrogens is 469 g/mol. The van der Waals surface area contributed by atoms with Crippen molar-refractivity contribution in [1.29, 1.82) is 5.41 Å². The number of rotatable bonds is 4. The molecule has 0 aromatic carbocycles. The fourth-order valence-electron chi connectivity index (χ4n) is 4.99. The average molecular weight is 511 g/mol. The van der Waals surface area contributed by atoms with Gasteiger partial charge in [-0.15, -0.1) is 0 Å². The van der Waals surface area contributed by atoms with Crippen molar-refractivity contribution < 1.29 is 22.7 Å². The maximum atomic E-state index is 13.3. The van der Waals surface area contributed by atoms with Gasteiger partial charge in [-0.25, -0.2) is 9.78 Å². The maximum absolute atomic E-state index is 13.3. The topological polar surface area (TPSA) is 101 Å². The van der Waals surface area contributed by atoms with Crippen molar-refractivity contribution in [2.24, 2.45) is 17.6 Å². The molecule has 1 aliphatic heterocycles. The van der Waals surface area contributed by atoms with E-state index in [4.69, 9.17) is 11.1 Å². The van der Waals surface area contributed by atoms with Gasteiger partial charge in [0, 0.05) is 17.5 Å². The molecule has 2 aliphatic carbocycles. The summed E-state index contributed by atoms with van der Waals surface area (Å²) in [5, 5.41) is 10.5. The Morgan fingerprint density at radius 2 is 1.83 bits per heavy atom. The smallest absolute Gasteiger partial charge is 0.430 e. The van der Waals surface area contributed by atoms with Crippen molar-refractivity contribution in [3.8, 4) is 0 Å². The van der Waals surface area contributed by atoms with Gasteiger partial charge < -0.3 is 10.5 Å². The molecule has 0 bridgehead atoms. The number of allylic oxidation sites excluding steroid dienone is 2. The van der Waals surface area contributed by atoms with E-state index in [-0.39, 0.29) is 22.7 Å². The minimum absolute atomic E-state index is 0.0159. The molecule has 2 unspecified atom stereocenters. The Balaban J connectivity index is 0.000000318. The molecule has 1 amide bonds. The number of aromatic nitrogens is 1. The number of carbonyl (C=O) groups excluding carboxylic acids is 1. The molecule has 202 valence electrons. The first kappa shape index (κ1) is 29.6. The Hall–Kier alpha value is -2.58. The predicted molar refractivity (Wildman–Crippen MR) is 137 cm³/mol. The van der Waals surface area contributed by atoms with Crippen LogP contribution in [0.15, 0.2) is 23.5 Å². The highest BCUT2D eigenvalue weighted by atomic mass is 19.4. The Labute approximate surface area is 212 Å². The van der Waals surface area contributed by atoms with Crippen LogP contribution in [0.4, 0.5) is 23.8 Å². The molecule has 0 spiro atoms. The van der Waals surface area contributed by atoms with Gasteiger partial charge in [-0.3, -0.25) is 10.7 Å². The van der Waals surface area contributed by atoms with E-state index in [0.717, 1.165) is 24.7 Å². The lowest BCUT2D eigenvalue weighted by atomic mass is 9.80. The van der Waals surface area contributed by atoms with Crippen LogP contribution in [0.1, 0.15) is 109 Å². The summed E-state index contributed by atoms with van der Waals surface area (Å²) in [6.45, 7) is 8.73. The summed E-state index contributed by atoms with van der Waals surface area (Å²) >= 11 is 0. The van der Waals surface area contributed by atoms with E-state index in [1.54, 1.807) is 0 Å². The summed E-state index contributed by atoms with van der Waals surface area (Å²) in [6.07, 6.45) is 4.49. The normalized spacial score (nSPS) is 21.0. The second kappa shape index (κ2) is 13.7. The highest BCUT2D eigenvalue weighted by molar-refractivity contribution is 6.13.